The van der Waals surface area contributed by atoms with Crippen molar-refractivity contribution in [3.63, 3.8) is 0 Å². The molecule has 2 aromatic rings. The Balaban J connectivity index is 1.40. The zero-order valence-corrected chi connectivity index (χ0v) is 15.7. The molecular weight excluding hydrogens is 375 g/mol. The number of anilines is 1. The van der Waals surface area contributed by atoms with Gasteiger partial charge in [-0.15, -0.1) is 11.3 Å². The van der Waals surface area contributed by atoms with Gasteiger partial charge in [-0.05, 0) is 42.9 Å². The molecule has 1 aliphatic heterocycles. The van der Waals surface area contributed by atoms with Crippen molar-refractivity contribution in [3.05, 3.63) is 47.0 Å². The second-order valence-corrected chi connectivity index (χ2v) is 7.64. The van der Waals surface area contributed by atoms with E-state index in [9.17, 15) is 18.0 Å². The Kier molecular flexibility index (Phi) is 6.36. The van der Waals surface area contributed by atoms with Crippen LogP contribution >= 0.6 is 11.3 Å². The van der Waals surface area contributed by atoms with Gasteiger partial charge in [0.25, 0.3) is 0 Å². The molecule has 1 aromatic heterocycles. The minimum Gasteiger partial charge on any atom is -0.356 e. The number of benzene rings is 1. The number of aryl methyl sites for hydroxylation is 1. The number of nitrogens with one attached hydrogen (secondary N) is 1. The molecule has 1 aliphatic rings. The van der Waals surface area contributed by atoms with Crippen LogP contribution in [0.4, 0.5) is 18.3 Å². The summed E-state index contributed by atoms with van der Waals surface area (Å²) >= 11 is 1.62. The molecule has 0 spiro atoms. The Morgan fingerprint density at radius 3 is 2.74 bits per heavy atom. The Labute approximate surface area is 160 Å². The summed E-state index contributed by atoms with van der Waals surface area (Å²) in [7, 11) is 0. The fourth-order valence-electron chi connectivity index (χ4n) is 3.24. The average Bonchev–Trinajstić information content (AvgIpc) is 3.19. The van der Waals surface area contributed by atoms with E-state index in [0.29, 0.717) is 18.9 Å². The Hall–Kier alpha value is -2.09. The predicted octanol–water partition coefficient (Wildman–Crippen LogP) is 4.13. The van der Waals surface area contributed by atoms with Crippen LogP contribution < -0.4 is 10.2 Å². The third-order valence-electron chi connectivity index (χ3n) is 4.72. The van der Waals surface area contributed by atoms with Gasteiger partial charge in [-0.25, -0.2) is 4.98 Å². The van der Waals surface area contributed by atoms with Gasteiger partial charge in [-0.2, -0.15) is 13.2 Å². The molecule has 0 radical (unpaired) electrons. The number of hydrogen-bond donors (Lipinski definition) is 1. The smallest absolute Gasteiger partial charge is 0.356 e. The first-order valence-electron chi connectivity index (χ1n) is 8.99. The molecule has 0 bridgehead atoms. The molecule has 0 aliphatic carbocycles. The first-order chi connectivity index (χ1) is 12.9. The molecule has 0 saturated carbocycles. The lowest BCUT2D eigenvalue weighted by Gasteiger charge is -2.32. The summed E-state index contributed by atoms with van der Waals surface area (Å²) in [6, 6.07) is 4.98. The number of hydrogen-bond acceptors (Lipinski definition) is 4. The Bertz CT molecular complexity index is 732. The lowest BCUT2D eigenvalue weighted by atomic mass is 9.98. The van der Waals surface area contributed by atoms with E-state index in [1.54, 1.807) is 17.5 Å². The van der Waals surface area contributed by atoms with Gasteiger partial charge in [-0.1, -0.05) is 12.1 Å². The van der Waals surface area contributed by atoms with Crippen molar-refractivity contribution < 1.29 is 18.0 Å². The maximum atomic E-state index is 12.6. The highest BCUT2D eigenvalue weighted by molar-refractivity contribution is 7.13. The molecule has 1 aromatic carbocycles. The maximum Gasteiger partial charge on any atom is 0.416 e. The summed E-state index contributed by atoms with van der Waals surface area (Å²) in [4.78, 5) is 18.7. The van der Waals surface area contributed by atoms with Crippen LogP contribution in [0.5, 0.6) is 0 Å². The molecule has 3 rings (SSSR count). The highest BCUT2D eigenvalue weighted by Crippen LogP contribution is 2.29. The van der Waals surface area contributed by atoms with Gasteiger partial charge in [0.15, 0.2) is 5.13 Å². The number of nitrogens with zero attached hydrogens (tertiary/aromatic N) is 2. The highest BCUT2D eigenvalue weighted by Gasteiger charge is 2.29. The minimum absolute atomic E-state index is 0.0683. The standard InChI is InChI=1S/C19H22F3N3OS/c20-19(21,22)16-6-3-14(4-7-16)5-8-17(26)24-12-15-2-1-10-25(13-15)18-23-9-11-27-18/h3-4,6-7,9,11,15H,1-2,5,8,10,12-13H2,(H,24,26)/t15-/m0/s1. The van der Waals surface area contributed by atoms with Gasteiger partial charge in [0, 0.05) is 37.6 Å². The van der Waals surface area contributed by atoms with Crippen molar-refractivity contribution >= 4 is 22.4 Å². The Morgan fingerprint density at radius 2 is 2.07 bits per heavy atom. The van der Waals surface area contributed by atoms with Crippen molar-refractivity contribution in [1.82, 2.24) is 10.3 Å². The van der Waals surface area contributed by atoms with E-state index in [4.69, 9.17) is 0 Å². The van der Waals surface area contributed by atoms with Gasteiger partial charge >= 0.3 is 6.18 Å². The normalized spacial score (nSPS) is 17.7. The summed E-state index contributed by atoms with van der Waals surface area (Å²) in [6.45, 7) is 2.49. The molecule has 8 heteroatoms. The topological polar surface area (TPSA) is 45.2 Å². The lowest BCUT2D eigenvalue weighted by Crippen LogP contribution is -2.41. The van der Waals surface area contributed by atoms with E-state index in [-0.39, 0.29) is 12.3 Å². The van der Waals surface area contributed by atoms with Gasteiger partial charge in [0.2, 0.25) is 5.91 Å². The fourth-order valence-corrected chi connectivity index (χ4v) is 3.92. The molecular formula is C19H22F3N3OS. The minimum atomic E-state index is -4.33. The number of halogens is 3. The molecule has 1 saturated heterocycles. The van der Waals surface area contributed by atoms with E-state index in [1.165, 1.54) is 12.1 Å². The summed E-state index contributed by atoms with van der Waals surface area (Å²) in [5.74, 6) is 0.318. The lowest BCUT2D eigenvalue weighted by molar-refractivity contribution is -0.137. The Morgan fingerprint density at radius 1 is 1.30 bits per heavy atom. The molecule has 1 fully saturated rings. The number of rotatable bonds is 6. The monoisotopic (exact) mass is 397 g/mol. The summed E-state index contributed by atoms with van der Waals surface area (Å²) in [6.07, 6.45) is 0.315. The molecule has 1 atom stereocenters. The SMILES string of the molecule is O=C(CCc1ccc(C(F)(F)F)cc1)NC[C@@H]1CCCN(c2nccs2)C1. The second kappa shape index (κ2) is 8.73. The summed E-state index contributed by atoms with van der Waals surface area (Å²) in [5, 5.41) is 5.94. The van der Waals surface area contributed by atoms with Crippen molar-refractivity contribution in [2.75, 3.05) is 24.5 Å². The first-order valence-corrected chi connectivity index (χ1v) is 9.87. The van der Waals surface area contributed by atoms with E-state index < -0.39 is 11.7 Å². The highest BCUT2D eigenvalue weighted by atomic mass is 32.1. The zero-order chi connectivity index (χ0) is 19.3. The number of amides is 1. The van der Waals surface area contributed by atoms with Gasteiger partial charge in [0.1, 0.15) is 0 Å². The fraction of sp³-hybridized carbons (Fsp3) is 0.474. The molecule has 0 unspecified atom stereocenters. The largest absolute Gasteiger partial charge is 0.416 e. The third kappa shape index (κ3) is 5.69. The number of carbonyl (C=O) groups excluding carboxylic acids is 1. The predicted molar refractivity (Wildman–Crippen MR) is 99.8 cm³/mol. The van der Waals surface area contributed by atoms with Crippen molar-refractivity contribution in [1.29, 1.82) is 0 Å². The van der Waals surface area contributed by atoms with Crippen molar-refractivity contribution in [2.24, 2.45) is 5.92 Å². The quantitative estimate of drug-likeness (QED) is 0.797. The van der Waals surface area contributed by atoms with E-state index in [1.807, 2.05) is 5.38 Å². The average molecular weight is 397 g/mol. The number of piperidine rings is 1. The van der Waals surface area contributed by atoms with E-state index in [2.05, 4.69) is 15.2 Å². The maximum absolute atomic E-state index is 12.6. The number of thiazole rings is 1. The third-order valence-corrected chi connectivity index (χ3v) is 5.55. The van der Waals surface area contributed by atoms with Gasteiger partial charge in [-0.3, -0.25) is 4.79 Å². The van der Waals surface area contributed by atoms with Crippen LogP contribution in [0, 0.1) is 5.92 Å². The van der Waals surface area contributed by atoms with E-state index >= 15 is 0 Å². The van der Waals surface area contributed by atoms with Crippen LogP contribution in [0.25, 0.3) is 0 Å². The molecule has 4 nitrogen and oxygen atoms in total. The molecule has 27 heavy (non-hydrogen) atoms. The van der Waals surface area contributed by atoms with Crippen LogP contribution in [-0.2, 0) is 17.4 Å². The van der Waals surface area contributed by atoms with Crippen molar-refractivity contribution in [3.8, 4) is 0 Å². The molecule has 1 N–H and O–H groups in total. The van der Waals surface area contributed by atoms with Crippen LogP contribution in [0.2, 0.25) is 0 Å². The zero-order valence-electron chi connectivity index (χ0n) is 14.8. The molecule has 146 valence electrons. The number of carbonyl (C=O) groups is 1. The van der Waals surface area contributed by atoms with Gasteiger partial charge in [0.05, 0.1) is 5.56 Å². The van der Waals surface area contributed by atoms with Crippen LogP contribution in [0.15, 0.2) is 35.8 Å². The van der Waals surface area contributed by atoms with Crippen LogP contribution in [0.1, 0.15) is 30.4 Å². The number of alkyl halides is 3. The summed E-state index contributed by atoms with van der Waals surface area (Å²) < 4.78 is 37.7. The first kappa shape index (κ1) is 19.7. The molecule has 1 amide bonds. The van der Waals surface area contributed by atoms with Crippen LogP contribution in [0.3, 0.4) is 0 Å². The number of aromatic nitrogens is 1. The van der Waals surface area contributed by atoms with Crippen molar-refractivity contribution in [2.45, 2.75) is 31.9 Å². The van der Waals surface area contributed by atoms with Gasteiger partial charge < -0.3 is 10.2 Å². The molecule has 2 heterocycles. The van der Waals surface area contributed by atoms with E-state index in [0.717, 1.165) is 48.8 Å². The van der Waals surface area contributed by atoms with Crippen LogP contribution in [-0.4, -0.2) is 30.5 Å². The second-order valence-electron chi connectivity index (χ2n) is 6.77. The summed E-state index contributed by atoms with van der Waals surface area (Å²) in [5.41, 5.74) is 0.0588.